The number of hydrogen-bond acceptors (Lipinski definition) is 3. The molecule has 2 aromatic heterocycles. The molecule has 0 spiro atoms. The largest absolute Gasteiger partial charge is 0.319 e. The van der Waals surface area contributed by atoms with Gasteiger partial charge in [0.15, 0.2) is 11.0 Å². The summed E-state index contributed by atoms with van der Waals surface area (Å²) in [5, 5.41) is 2.38. The number of halogens is 3. The van der Waals surface area contributed by atoms with Crippen LogP contribution in [0.1, 0.15) is 10.4 Å². The van der Waals surface area contributed by atoms with E-state index in [9.17, 15) is 13.6 Å². The van der Waals surface area contributed by atoms with Gasteiger partial charge in [-0.2, -0.15) is 4.39 Å². The van der Waals surface area contributed by atoms with Crippen LogP contribution in [0.2, 0.25) is 5.15 Å². The fourth-order valence-corrected chi connectivity index (χ4v) is 1.43. The first-order chi connectivity index (χ1) is 8.59. The average molecular weight is 270 g/mol. The molecule has 18 heavy (non-hydrogen) atoms. The van der Waals surface area contributed by atoms with Crippen molar-refractivity contribution in [2.45, 2.75) is 0 Å². The van der Waals surface area contributed by atoms with Crippen molar-refractivity contribution in [2.75, 3.05) is 5.32 Å². The summed E-state index contributed by atoms with van der Waals surface area (Å²) in [6, 6.07) is 4.10. The number of carbonyl (C=O) groups excluding carboxylic acids is 1. The Kier molecular flexibility index (Phi) is 3.47. The normalized spacial score (nSPS) is 10.2. The van der Waals surface area contributed by atoms with Gasteiger partial charge in [0.1, 0.15) is 0 Å². The number of hydrogen-bond donors (Lipinski definition) is 1. The molecular weight excluding hydrogens is 264 g/mol. The molecule has 92 valence electrons. The first kappa shape index (κ1) is 12.4. The van der Waals surface area contributed by atoms with Gasteiger partial charge in [0.05, 0.1) is 11.3 Å². The van der Waals surface area contributed by atoms with Crippen molar-refractivity contribution in [3.05, 3.63) is 53.1 Å². The van der Waals surface area contributed by atoms with E-state index in [1.54, 1.807) is 6.07 Å². The molecule has 7 heteroatoms. The number of anilines is 1. The lowest BCUT2D eigenvalue weighted by Gasteiger charge is -2.06. The summed E-state index contributed by atoms with van der Waals surface area (Å²) in [4.78, 5) is 18.5. The smallest absolute Gasteiger partial charge is 0.258 e. The zero-order valence-electron chi connectivity index (χ0n) is 8.82. The number of nitrogens with one attached hydrogen (secondary N) is 1. The third kappa shape index (κ3) is 2.43. The van der Waals surface area contributed by atoms with E-state index in [1.165, 1.54) is 12.3 Å². The molecule has 2 aromatic rings. The Morgan fingerprint density at radius 3 is 2.72 bits per heavy atom. The Labute approximate surface area is 106 Å². The molecule has 0 radical (unpaired) electrons. The highest BCUT2D eigenvalue weighted by atomic mass is 35.5. The molecule has 2 rings (SSSR count). The van der Waals surface area contributed by atoms with E-state index in [0.29, 0.717) is 0 Å². The quantitative estimate of drug-likeness (QED) is 0.853. The van der Waals surface area contributed by atoms with Gasteiger partial charge in [0.2, 0.25) is 5.95 Å². The van der Waals surface area contributed by atoms with Crippen LogP contribution in [0, 0.1) is 11.8 Å². The molecular formula is C11H6ClF2N3O. The van der Waals surface area contributed by atoms with Crippen molar-refractivity contribution in [1.82, 2.24) is 9.97 Å². The summed E-state index contributed by atoms with van der Waals surface area (Å²) in [5.41, 5.74) is -0.247. The van der Waals surface area contributed by atoms with Gasteiger partial charge in [0, 0.05) is 12.4 Å². The highest BCUT2D eigenvalue weighted by molar-refractivity contribution is 6.32. The first-order valence-corrected chi connectivity index (χ1v) is 5.19. The molecule has 0 aliphatic carbocycles. The van der Waals surface area contributed by atoms with Gasteiger partial charge in [-0.3, -0.25) is 4.79 Å². The number of amides is 1. The molecule has 1 amide bonds. The molecule has 0 unspecified atom stereocenters. The Balaban J connectivity index is 2.28. The van der Waals surface area contributed by atoms with Gasteiger partial charge in [-0.15, -0.1) is 0 Å². The standard InChI is InChI=1S/C11H6ClF2N3O/c12-9-7(2-1-4-15-9)17-11(18)6-3-5-16-10(14)8(6)13/h1-5H,(H,17,18). The Hall–Kier alpha value is -2.08. The van der Waals surface area contributed by atoms with Crippen molar-refractivity contribution in [2.24, 2.45) is 0 Å². The van der Waals surface area contributed by atoms with Crippen molar-refractivity contribution in [3.8, 4) is 0 Å². The molecule has 0 aliphatic rings. The zero-order valence-corrected chi connectivity index (χ0v) is 9.58. The Bertz CT molecular complexity index is 607. The molecule has 0 fully saturated rings. The van der Waals surface area contributed by atoms with Crippen LogP contribution in [0.15, 0.2) is 30.6 Å². The maximum absolute atomic E-state index is 13.3. The number of nitrogens with zero attached hydrogens (tertiary/aromatic N) is 2. The van der Waals surface area contributed by atoms with Crippen LogP contribution in [0.25, 0.3) is 0 Å². The number of rotatable bonds is 2. The van der Waals surface area contributed by atoms with Crippen molar-refractivity contribution in [3.63, 3.8) is 0 Å². The van der Waals surface area contributed by atoms with Crippen molar-refractivity contribution >= 4 is 23.2 Å². The molecule has 0 saturated heterocycles. The molecule has 0 saturated carbocycles. The number of aromatic nitrogens is 2. The third-order valence-corrected chi connectivity index (χ3v) is 2.40. The van der Waals surface area contributed by atoms with E-state index < -0.39 is 23.2 Å². The molecule has 0 aliphatic heterocycles. The van der Waals surface area contributed by atoms with Crippen LogP contribution in [0.4, 0.5) is 14.5 Å². The van der Waals surface area contributed by atoms with Crippen LogP contribution >= 0.6 is 11.6 Å². The lowest BCUT2D eigenvalue weighted by Crippen LogP contribution is -2.15. The molecule has 0 aromatic carbocycles. The third-order valence-electron chi connectivity index (χ3n) is 2.10. The molecule has 2 heterocycles. The monoisotopic (exact) mass is 269 g/mol. The average Bonchev–Trinajstić information content (AvgIpc) is 2.35. The highest BCUT2D eigenvalue weighted by Gasteiger charge is 2.17. The van der Waals surface area contributed by atoms with Gasteiger partial charge < -0.3 is 5.32 Å². The highest BCUT2D eigenvalue weighted by Crippen LogP contribution is 2.19. The van der Waals surface area contributed by atoms with Gasteiger partial charge in [-0.25, -0.2) is 14.4 Å². The lowest BCUT2D eigenvalue weighted by atomic mass is 10.2. The molecule has 1 N–H and O–H groups in total. The summed E-state index contributed by atoms with van der Waals surface area (Å²) >= 11 is 5.72. The topological polar surface area (TPSA) is 54.9 Å². The Morgan fingerprint density at radius 2 is 2.00 bits per heavy atom. The van der Waals surface area contributed by atoms with Gasteiger partial charge in [-0.1, -0.05) is 11.6 Å². The summed E-state index contributed by atoms with van der Waals surface area (Å²) in [6.07, 6.45) is 2.43. The van der Waals surface area contributed by atoms with Crippen LogP contribution < -0.4 is 5.32 Å². The van der Waals surface area contributed by atoms with Crippen molar-refractivity contribution in [1.29, 1.82) is 0 Å². The second-order valence-electron chi connectivity index (χ2n) is 3.26. The molecule has 4 nitrogen and oxygen atoms in total. The van der Waals surface area contributed by atoms with Gasteiger partial charge >= 0.3 is 0 Å². The van der Waals surface area contributed by atoms with Gasteiger partial charge in [-0.05, 0) is 18.2 Å². The van der Waals surface area contributed by atoms with E-state index in [2.05, 4.69) is 15.3 Å². The lowest BCUT2D eigenvalue weighted by molar-refractivity contribution is 0.102. The molecule has 0 bridgehead atoms. The SMILES string of the molecule is O=C(Nc1cccnc1Cl)c1ccnc(F)c1F. The second-order valence-corrected chi connectivity index (χ2v) is 3.62. The summed E-state index contributed by atoms with van der Waals surface area (Å²) in [6.45, 7) is 0. The van der Waals surface area contributed by atoms with E-state index in [4.69, 9.17) is 11.6 Å². The fraction of sp³-hybridized carbons (Fsp3) is 0. The first-order valence-electron chi connectivity index (χ1n) is 4.81. The van der Waals surface area contributed by atoms with E-state index >= 15 is 0 Å². The summed E-state index contributed by atoms with van der Waals surface area (Å²) in [7, 11) is 0. The minimum absolute atomic E-state index is 0.0563. The zero-order chi connectivity index (χ0) is 13.1. The van der Waals surface area contributed by atoms with Crippen LogP contribution in [0.3, 0.4) is 0 Å². The summed E-state index contributed by atoms with van der Waals surface area (Å²) in [5.74, 6) is -3.47. The van der Waals surface area contributed by atoms with Crippen molar-refractivity contribution < 1.29 is 13.6 Å². The van der Waals surface area contributed by atoms with Crippen LogP contribution in [0.5, 0.6) is 0 Å². The number of pyridine rings is 2. The van der Waals surface area contributed by atoms with Crippen LogP contribution in [-0.4, -0.2) is 15.9 Å². The predicted octanol–water partition coefficient (Wildman–Crippen LogP) is 2.66. The molecule has 0 atom stereocenters. The minimum Gasteiger partial charge on any atom is -0.319 e. The van der Waals surface area contributed by atoms with E-state index in [1.807, 2.05) is 0 Å². The predicted molar refractivity (Wildman–Crippen MR) is 61.4 cm³/mol. The van der Waals surface area contributed by atoms with E-state index in [0.717, 1.165) is 12.3 Å². The maximum atomic E-state index is 13.3. The Morgan fingerprint density at radius 1 is 1.22 bits per heavy atom. The maximum Gasteiger partial charge on any atom is 0.258 e. The second kappa shape index (κ2) is 5.05. The van der Waals surface area contributed by atoms with E-state index in [-0.39, 0.29) is 10.8 Å². The summed E-state index contributed by atoms with van der Waals surface area (Å²) < 4.78 is 26.2. The van der Waals surface area contributed by atoms with Gasteiger partial charge in [0.25, 0.3) is 5.91 Å². The fourth-order valence-electron chi connectivity index (χ4n) is 1.26. The number of carbonyl (C=O) groups is 1. The minimum atomic E-state index is -1.33. The van der Waals surface area contributed by atoms with Crippen LogP contribution in [-0.2, 0) is 0 Å².